The maximum atomic E-state index is 11.6. The maximum Gasteiger partial charge on any atom is 0.324 e. The molecule has 0 bridgehead atoms. The van der Waals surface area contributed by atoms with E-state index in [0.29, 0.717) is 12.8 Å². The summed E-state index contributed by atoms with van der Waals surface area (Å²) in [5.41, 5.74) is 0. The molecule has 0 aliphatic rings. The van der Waals surface area contributed by atoms with Crippen LogP contribution in [-0.4, -0.2) is 41.0 Å². The first-order chi connectivity index (χ1) is 8.88. The summed E-state index contributed by atoms with van der Waals surface area (Å²) in [6.07, 6.45) is 1.14. The fourth-order valence-corrected chi connectivity index (χ4v) is 1.30. The molecule has 0 aliphatic heterocycles. The molecule has 0 rings (SSSR count). The largest absolute Gasteiger partial charge is 0.481 e. The first kappa shape index (κ1) is 16.9. The van der Waals surface area contributed by atoms with Crippen LogP contribution in [0.4, 0.5) is 4.79 Å². The van der Waals surface area contributed by atoms with Gasteiger partial charge in [0.05, 0.1) is 12.5 Å². The van der Waals surface area contributed by atoms with Crippen LogP contribution in [0.15, 0.2) is 0 Å². The predicted octanol–water partition coefficient (Wildman–Crippen LogP) is 1.10. The molecule has 106 valence electrons. The average Bonchev–Trinajstić information content (AvgIpc) is 2.33. The van der Waals surface area contributed by atoms with Gasteiger partial charge < -0.3 is 10.0 Å². The van der Waals surface area contributed by atoms with Crippen LogP contribution in [-0.2, 0) is 9.59 Å². The molecule has 1 unspecified atom stereocenters. The fourth-order valence-electron chi connectivity index (χ4n) is 1.30. The van der Waals surface area contributed by atoms with E-state index in [4.69, 9.17) is 10.4 Å². The molecular formula is C12H19N3O4. The third-order valence-electron chi connectivity index (χ3n) is 2.66. The molecule has 0 saturated heterocycles. The van der Waals surface area contributed by atoms with E-state index in [9.17, 15) is 14.4 Å². The quantitative estimate of drug-likeness (QED) is 0.672. The lowest BCUT2D eigenvalue weighted by molar-refractivity contribution is -0.137. The van der Waals surface area contributed by atoms with Crippen molar-refractivity contribution in [3.05, 3.63) is 0 Å². The van der Waals surface area contributed by atoms with Gasteiger partial charge in [0.2, 0.25) is 5.91 Å². The van der Waals surface area contributed by atoms with Gasteiger partial charge in [0.25, 0.3) is 0 Å². The number of hydrogen-bond donors (Lipinski definition) is 2. The van der Waals surface area contributed by atoms with Crippen LogP contribution in [0.25, 0.3) is 0 Å². The summed E-state index contributed by atoms with van der Waals surface area (Å²) >= 11 is 0. The number of carboxylic acids is 1. The topological polar surface area (TPSA) is 111 Å². The molecule has 0 radical (unpaired) electrons. The molecule has 0 saturated carbocycles. The predicted molar refractivity (Wildman–Crippen MR) is 67.1 cm³/mol. The van der Waals surface area contributed by atoms with Gasteiger partial charge in [0, 0.05) is 25.9 Å². The van der Waals surface area contributed by atoms with Gasteiger partial charge in [-0.3, -0.25) is 14.9 Å². The molecule has 0 aliphatic carbocycles. The molecule has 3 amide bonds. The molecule has 2 N–H and O–H groups in total. The Balaban J connectivity index is 3.95. The number of imide groups is 1. The Bertz CT molecular complexity index is 376. The summed E-state index contributed by atoms with van der Waals surface area (Å²) in [5.74, 6) is -1.34. The van der Waals surface area contributed by atoms with Gasteiger partial charge in [-0.1, -0.05) is 0 Å². The summed E-state index contributed by atoms with van der Waals surface area (Å²) in [5, 5.41) is 19.1. The Morgan fingerprint density at radius 1 is 1.32 bits per heavy atom. The number of carboxylic acid groups (broad SMARTS) is 1. The Kier molecular flexibility index (Phi) is 7.93. The van der Waals surface area contributed by atoms with Gasteiger partial charge in [-0.2, -0.15) is 5.26 Å². The molecule has 7 heteroatoms. The number of nitriles is 1. The molecule has 1 atom stereocenters. The number of unbranched alkanes of at least 4 members (excludes halogenated alkanes) is 1. The van der Waals surface area contributed by atoms with Crippen LogP contribution in [0.3, 0.4) is 0 Å². The van der Waals surface area contributed by atoms with E-state index in [1.54, 1.807) is 6.92 Å². The van der Waals surface area contributed by atoms with Crippen molar-refractivity contribution in [2.45, 2.75) is 45.1 Å². The molecule has 0 heterocycles. The van der Waals surface area contributed by atoms with Crippen molar-refractivity contribution < 1.29 is 19.5 Å². The summed E-state index contributed by atoms with van der Waals surface area (Å²) in [7, 11) is 1.51. The monoisotopic (exact) mass is 269 g/mol. The lowest BCUT2D eigenvalue weighted by atomic mass is 10.2. The summed E-state index contributed by atoms with van der Waals surface area (Å²) in [6.45, 7) is 1.71. The zero-order valence-corrected chi connectivity index (χ0v) is 11.2. The lowest BCUT2D eigenvalue weighted by Gasteiger charge is -2.22. The number of urea groups is 1. The lowest BCUT2D eigenvalue weighted by Crippen LogP contribution is -2.44. The highest BCUT2D eigenvalue weighted by Crippen LogP contribution is 2.02. The Morgan fingerprint density at radius 2 is 1.89 bits per heavy atom. The fraction of sp³-hybridized carbons (Fsp3) is 0.667. The van der Waals surface area contributed by atoms with Gasteiger partial charge in [-0.15, -0.1) is 0 Å². The molecule has 0 aromatic carbocycles. The van der Waals surface area contributed by atoms with Crippen molar-refractivity contribution >= 4 is 17.9 Å². The highest BCUT2D eigenvalue weighted by atomic mass is 16.4. The SMILES string of the molecule is CC(CC#N)N(C)C(=O)NC(=O)CCCCC(=O)O. The first-order valence-electron chi connectivity index (χ1n) is 6.03. The Hall–Kier alpha value is -2.10. The molecule has 0 aromatic heterocycles. The van der Waals surface area contributed by atoms with Gasteiger partial charge in [0.15, 0.2) is 0 Å². The Labute approximate surface area is 112 Å². The zero-order valence-electron chi connectivity index (χ0n) is 11.2. The van der Waals surface area contributed by atoms with Crippen molar-refractivity contribution in [1.82, 2.24) is 10.2 Å². The molecule has 0 spiro atoms. The second-order valence-electron chi connectivity index (χ2n) is 4.28. The third kappa shape index (κ3) is 7.76. The van der Waals surface area contributed by atoms with E-state index in [1.807, 2.05) is 6.07 Å². The molecule has 0 aromatic rings. The van der Waals surface area contributed by atoms with E-state index in [2.05, 4.69) is 5.32 Å². The summed E-state index contributed by atoms with van der Waals surface area (Å²) < 4.78 is 0. The van der Waals surface area contributed by atoms with Crippen LogP contribution in [0, 0.1) is 11.3 Å². The number of nitrogens with zero attached hydrogens (tertiary/aromatic N) is 2. The molecule has 0 fully saturated rings. The van der Waals surface area contributed by atoms with E-state index in [1.165, 1.54) is 11.9 Å². The van der Waals surface area contributed by atoms with Crippen molar-refractivity contribution in [2.24, 2.45) is 0 Å². The number of rotatable bonds is 7. The standard InChI is InChI=1S/C12H19N3O4/c1-9(7-8-13)15(2)12(19)14-10(16)5-3-4-6-11(17)18/h9H,3-7H2,1-2H3,(H,17,18)(H,14,16,19). The first-order valence-corrected chi connectivity index (χ1v) is 6.03. The highest BCUT2D eigenvalue weighted by Gasteiger charge is 2.17. The average molecular weight is 269 g/mol. The van der Waals surface area contributed by atoms with Crippen LogP contribution >= 0.6 is 0 Å². The van der Waals surface area contributed by atoms with Gasteiger partial charge >= 0.3 is 12.0 Å². The molecule has 7 nitrogen and oxygen atoms in total. The minimum absolute atomic E-state index is 0.0142. The highest BCUT2D eigenvalue weighted by molar-refractivity contribution is 5.94. The molecular weight excluding hydrogens is 250 g/mol. The number of hydrogen-bond acceptors (Lipinski definition) is 4. The van der Waals surface area contributed by atoms with Gasteiger partial charge in [0.1, 0.15) is 0 Å². The summed E-state index contributed by atoms with van der Waals surface area (Å²) in [4.78, 5) is 34.6. The van der Waals surface area contributed by atoms with E-state index >= 15 is 0 Å². The van der Waals surface area contributed by atoms with E-state index in [0.717, 1.165) is 0 Å². The number of nitrogens with one attached hydrogen (secondary N) is 1. The van der Waals surface area contributed by atoms with Crippen molar-refractivity contribution in [3.63, 3.8) is 0 Å². The number of carbonyl (C=O) groups excluding carboxylic acids is 2. The number of carbonyl (C=O) groups is 3. The summed E-state index contributed by atoms with van der Waals surface area (Å²) in [6, 6.07) is 1.12. The number of amides is 3. The number of aliphatic carboxylic acids is 1. The zero-order chi connectivity index (χ0) is 14.8. The second-order valence-corrected chi connectivity index (χ2v) is 4.28. The second kappa shape index (κ2) is 8.91. The van der Waals surface area contributed by atoms with Gasteiger partial charge in [-0.25, -0.2) is 4.79 Å². The maximum absolute atomic E-state index is 11.6. The van der Waals surface area contributed by atoms with Crippen molar-refractivity contribution in [3.8, 4) is 6.07 Å². The van der Waals surface area contributed by atoms with Gasteiger partial charge in [-0.05, 0) is 19.8 Å². The smallest absolute Gasteiger partial charge is 0.324 e. The van der Waals surface area contributed by atoms with Crippen LogP contribution in [0.5, 0.6) is 0 Å². The van der Waals surface area contributed by atoms with Crippen molar-refractivity contribution in [1.29, 1.82) is 5.26 Å². The van der Waals surface area contributed by atoms with E-state index in [-0.39, 0.29) is 25.3 Å². The van der Waals surface area contributed by atoms with Crippen molar-refractivity contribution in [2.75, 3.05) is 7.05 Å². The van der Waals surface area contributed by atoms with Crippen LogP contribution in [0.2, 0.25) is 0 Å². The minimum atomic E-state index is -0.901. The van der Waals surface area contributed by atoms with Crippen LogP contribution < -0.4 is 5.32 Å². The van der Waals surface area contributed by atoms with Crippen LogP contribution in [0.1, 0.15) is 39.0 Å². The van der Waals surface area contributed by atoms with E-state index < -0.39 is 17.9 Å². The third-order valence-corrected chi connectivity index (χ3v) is 2.66. The Morgan fingerprint density at radius 3 is 2.42 bits per heavy atom. The molecule has 19 heavy (non-hydrogen) atoms. The minimum Gasteiger partial charge on any atom is -0.481 e. The normalized spacial score (nSPS) is 11.2.